The van der Waals surface area contributed by atoms with Gasteiger partial charge in [-0.1, -0.05) is 22.9 Å². The molecule has 1 N–H and O–H groups in total. The van der Waals surface area contributed by atoms with Crippen LogP contribution in [0.25, 0.3) is 0 Å². The molecule has 0 spiro atoms. The standard InChI is InChI=1S/C16H20BrNO2S/c1-4-18-13(16-15(20-3)7-8-21-16)10-11-9-12(17)5-6-14(11)19-2/h5-9,13,18H,4,10H2,1-3H3. The van der Waals surface area contributed by atoms with Crippen molar-refractivity contribution in [2.75, 3.05) is 20.8 Å². The van der Waals surface area contributed by atoms with Crippen LogP contribution in [-0.4, -0.2) is 20.8 Å². The van der Waals surface area contributed by atoms with Crippen molar-refractivity contribution in [3.63, 3.8) is 0 Å². The van der Waals surface area contributed by atoms with Crippen LogP contribution in [-0.2, 0) is 6.42 Å². The second-order valence-corrected chi connectivity index (χ2v) is 6.49. The molecule has 21 heavy (non-hydrogen) atoms. The van der Waals surface area contributed by atoms with E-state index in [4.69, 9.17) is 9.47 Å². The molecule has 114 valence electrons. The quantitative estimate of drug-likeness (QED) is 0.783. The molecule has 1 aromatic carbocycles. The summed E-state index contributed by atoms with van der Waals surface area (Å²) in [7, 11) is 3.43. The van der Waals surface area contributed by atoms with Crippen LogP contribution < -0.4 is 14.8 Å². The first-order chi connectivity index (χ1) is 10.2. The maximum atomic E-state index is 5.48. The Labute approximate surface area is 138 Å². The third-order valence-corrected chi connectivity index (χ3v) is 4.82. The molecule has 1 atom stereocenters. The van der Waals surface area contributed by atoms with Gasteiger partial charge in [0, 0.05) is 10.5 Å². The number of methoxy groups -OCH3 is 2. The molecule has 2 rings (SSSR count). The first-order valence-corrected chi connectivity index (χ1v) is 8.54. The van der Waals surface area contributed by atoms with E-state index in [1.165, 1.54) is 10.4 Å². The second-order valence-electron chi connectivity index (χ2n) is 4.62. The predicted octanol–water partition coefficient (Wildman–Crippen LogP) is 4.42. The third kappa shape index (κ3) is 3.99. The van der Waals surface area contributed by atoms with Gasteiger partial charge in [-0.25, -0.2) is 0 Å². The van der Waals surface area contributed by atoms with Crippen LogP contribution in [0.15, 0.2) is 34.1 Å². The van der Waals surface area contributed by atoms with E-state index in [0.717, 1.165) is 28.9 Å². The van der Waals surface area contributed by atoms with Gasteiger partial charge in [0.2, 0.25) is 0 Å². The van der Waals surface area contributed by atoms with Crippen LogP contribution in [0.3, 0.4) is 0 Å². The van der Waals surface area contributed by atoms with Gasteiger partial charge in [0.25, 0.3) is 0 Å². The molecule has 0 bridgehead atoms. The van der Waals surface area contributed by atoms with Gasteiger partial charge in [-0.05, 0) is 48.2 Å². The first kappa shape index (κ1) is 16.3. The Morgan fingerprint density at radius 1 is 1.19 bits per heavy atom. The maximum absolute atomic E-state index is 5.48. The lowest BCUT2D eigenvalue weighted by molar-refractivity contribution is 0.396. The summed E-state index contributed by atoms with van der Waals surface area (Å²) in [5.41, 5.74) is 1.17. The molecule has 2 aromatic rings. The molecule has 0 amide bonds. The summed E-state index contributed by atoms with van der Waals surface area (Å²) < 4.78 is 12.0. The molecule has 0 aliphatic rings. The van der Waals surface area contributed by atoms with Crippen molar-refractivity contribution in [3.8, 4) is 11.5 Å². The van der Waals surface area contributed by atoms with Gasteiger partial charge in [0.15, 0.2) is 0 Å². The number of halogens is 1. The van der Waals surface area contributed by atoms with Crippen LogP contribution in [0, 0.1) is 0 Å². The topological polar surface area (TPSA) is 30.5 Å². The fourth-order valence-corrected chi connectivity index (χ4v) is 3.71. The Hall–Kier alpha value is -1.04. The number of hydrogen-bond acceptors (Lipinski definition) is 4. The monoisotopic (exact) mass is 369 g/mol. The van der Waals surface area contributed by atoms with Gasteiger partial charge in [0.1, 0.15) is 11.5 Å². The maximum Gasteiger partial charge on any atom is 0.134 e. The van der Waals surface area contributed by atoms with Crippen molar-refractivity contribution in [1.29, 1.82) is 0 Å². The van der Waals surface area contributed by atoms with Crippen molar-refractivity contribution >= 4 is 27.3 Å². The van der Waals surface area contributed by atoms with Crippen molar-refractivity contribution in [2.45, 2.75) is 19.4 Å². The summed E-state index contributed by atoms with van der Waals surface area (Å²) in [5.74, 6) is 1.86. The van der Waals surface area contributed by atoms with Crippen molar-refractivity contribution in [1.82, 2.24) is 5.32 Å². The van der Waals surface area contributed by atoms with Crippen LogP contribution in [0.5, 0.6) is 11.5 Å². The van der Waals surface area contributed by atoms with E-state index in [1.807, 2.05) is 18.2 Å². The van der Waals surface area contributed by atoms with Crippen molar-refractivity contribution in [2.24, 2.45) is 0 Å². The highest BCUT2D eigenvalue weighted by Gasteiger charge is 2.19. The number of nitrogens with one attached hydrogen (secondary N) is 1. The normalized spacial score (nSPS) is 12.2. The van der Waals surface area contributed by atoms with Crippen LogP contribution >= 0.6 is 27.3 Å². The number of rotatable bonds is 7. The number of thiophene rings is 1. The van der Waals surface area contributed by atoms with Gasteiger partial charge in [-0.15, -0.1) is 11.3 Å². The first-order valence-electron chi connectivity index (χ1n) is 6.86. The summed E-state index contributed by atoms with van der Waals surface area (Å²) >= 11 is 5.25. The summed E-state index contributed by atoms with van der Waals surface area (Å²) in [6.45, 7) is 3.02. The van der Waals surface area contributed by atoms with E-state index in [-0.39, 0.29) is 6.04 Å². The Bertz CT molecular complexity index is 585. The van der Waals surface area contributed by atoms with E-state index in [0.29, 0.717) is 0 Å². The molecular weight excluding hydrogens is 350 g/mol. The van der Waals surface area contributed by atoms with E-state index in [2.05, 4.69) is 39.6 Å². The smallest absolute Gasteiger partial charge is 0.134 e. The second kappa shape index (κ2) is 7.82. The molecule has 0 saturated heterocycles. The van der Waals surface area contributed by atoms with Crippen molar-refractivity contribution < 1.29 is 9.47 Å². The summed E-state index contributed by atoms with van der Waals surface area (Å²) in [5, 5.41) is 5.60. The Balaban J connectivity index is 2.30. The molecule has 0 fully saturated rings. The molecular formula is C16H20BrNO2S. The SMILES string of the molecule is CCNC(Cc1cc(Br)ccc1OC)c1sccc1OC. The Morgan fingerprint density at radius 2 is 1.95 bits per heavy atom. The van der Waals surface area contributed by atoms with E-state index in [9.17, 15) is 0 Å². The molecule has 1 heterocycles. The minimum atomic E-state index is 0.216. The van der Waals surface area contributed by atoms with Gasteiger partial charge < -0.3 is 14.8 Å². The number of hydrogen-bond donors (Lipinski definition) is 1. The van der Waals surface area contributed by atoms with Gasteiger partial charge in [-0.2, -0.15) is 0 Å². The fraction of sp³-hybridized carbons (Fsp3) is 0.375. The van der Waals surface area contributed by atoms with E-state index >= 15 is 0 Å². The average molecular weight is 370 g/mol. The molecule has 0 aliphatic carbocycles. The minimum absolute atomic E-state index is 0.216. The summed E-state index contributed by atoms with van der Waals surface area (Å²) in [6.07, 6.45) is 0.854. The number of likely N-dealkylation sites (N-methyl/N-ethyl adjacent to an activating group) is 1. The zero-order valence-corrected chi connectivity index (χ0v) is 14.9. The van der Waals surface area contributed by atoms with Gasteiger partial charge >= 0.3 is 0 Å². The molecule has 1 aromatic heterocycles. The molecule has 0 radical (unpaired) electrons. The van der Waals surface area contributed by atoms with Crippen LogP contribution in [0.1, 0.15) is 23.4 Å². The highest BCUT2D eigenvalue weighted by atomic mass is 79.9. The van der Waals surface area contributed by atoms with Gasteiger partial charge in [0.05, 0.1) is 19.1 Å². The van der Waals surface area contributed by atoms with Crippen LogP contribution in [0.4, 0.5) is 0 Å². The average Bonchev–Trinajstić information content (AvgIpc) is 2.95. The molecule has 0 aliphatic heterocycles. The lowest BCUT2D eigenvalue weighted by atomic mass is 10.0. The number of benzene rings is 1. The third-order valence-electron chi connectivity index (χ3n) is 3.31. The van der Waals surface area contributed by atoms with Crippen LogP contribution in [0.2, 0.25) is 0 Å². The predicted molar refractivity (Wildman–Crippen MR) is 91.7 cm³/mol. The minimum Gasteiger partial charge on any atom is -0.496 e. The zero-order chi connectivity index (χ0) is 15.2. The van der Waals surface area contributed by atoms with Gasteiger partial charge in [-0.3, -0.25) is 0 Å². The lowest BCUT2D eigenvalue weighted by Crippen LogP contribution is -2.22. The molecule has 1 unspecified atom stereocenters. The Kier molecular flexibility index (Phi) is 6.08. The van der Waals surface area contributed by atoms with E-state index < -0.39 is 0 Å². The fourth-order valence-electron chi connectivity index (χ4n) is 2.36. The molecule has 0 saturated carbocycles. The van der Waals surface area contributed by atoms with E-state index in [1.54, 1.807) is 25.6 Å². The highest BCUT2D eigenvalue weighted by Crippen LogP contribution is 2.35. The highest BCUT2D eigenvalue weighted by molar-refractivity contribution is 9.10. The lowest BCUT2D eigenvalue weighted by Gasteiger charge is -2.19. The number of ether oxygens (including phenoxy) is 2. The Morgan fingerprint density at radius 3 is 2.62 bits per heavy atom. The molecule has 5 heteroatoms. The summed E-state index contributed by atoms with van der Waals surface area (Å²) in [6, 6.07) is 8.34. The zero-order valence-electron chi connectivity index (χ0n) is 12.5. The van der Waals surface area contributed by atoms with Crippen molar-refractivity contribution in [3.05, 3.63) is 44.6 Å². The largest absolute Gasteiger partial charge is 0.496 e. The molecule has 3 nitrogen and oxygen atoms in total. The summed E-state index contributed by atoms with van der Waals surface area (Å²) in [4.78, 5) is 1.22.